The van der Waals surface area contributed by atoms with Gasteiger partial charge in [-0.3, -0.25) is 9.59 Å². The second kappa shape index (κ2) is 6.75. The normalized spacial score (nSPS) is 11.8. The van der Waals surface area contributed by atoms with Crippen LogP contribution in [-0.2, 0) is 9.53 Å². The minimum atomic E-state index is -0.887. The number of amides is 1. The summed E-state index contributed by atoms with van der Waals surface area (Å²) in [5.74, 6) is -0.861. The number of esters is 1. The van der Waals surface area contributed by atoms with E-state index in [1.165, 1.54) is 7.11 Å². The number of ether oxygens (including phenoxy) is 1. The maximum atomic E-state index is 11.9. The summed E-state index contributed by atoms with van der Waals surface area (Å²) >= 11 is 9.08. The number of nitrogens with one attached hydrogen (secondary N) is 1. The Bertz CT molecular complexity index is 465. The highest BCUT2D eigenvalue weighted by Gasteiger charge is 2.18. The molecule has 1 atom stereocenters. The Labute approximate surface area is 119 Å². The Morgan fingerprint density at radius 1 is 1.50 bits per heavy atom. The molecule has 0 spiro atoms. The third-order valence-corrected chi connectivity index (χ3v) is 3.72. The number of halogens is 2. The summed E-state index contributed by atoms with van der Waals surface area (Å²) in [4.78, 5) is 22.9. The molecule has 0 radical (unpaired) electrons. The van der Waals surface area contributed by atoms with E-state index in [1.807, 2.05) is 13.0 Å². The molecule has 0 heterocycles. The van der Waals surface area contributed by atoms with Crippen molar-refractivity contribution in [1.82, 2.24) is 5.32 Å². The minimum absolute atomic E-state index is 0.0213. The number of benzene rings is 1. The third-order valence-electron chi connectivity index (χ3n) is 2.34. The Morgan fingerprint density at radius 2 is 2.17 bits per heavy atom. The molecule has 0 saturated heterocycles. The van der Waals surface area contributed by atoms with Crippen LogP contribution in [0.2, 0.25) is 0 Å². The van der Waals surface area contributed by atoms with Crippen molar-refractivity contribution in [3.63, 3.8) is 0 Å². The first kappa shape index (κ1) is 15.0. The van der Waals surface area contributed by atoms with E-state index in [-0.39, 0.29) is 12.5 Å². The van der Waals surface area contributed by atoms with Gasteiger partial charge in [0.25, 0.3) is 5.91 Å². The van der Waals surface area contributed by atoms with Gasteiger partial charge in [-0.1, -0.05) is 12.1 Å². The lowest BCUT2D eigenvalue weighted by molar-refractivity contribution is -0.140. The Kier molecular flexibility index (Phi) is 5.62. The zero-order chi connectivity index (χ0) is 13.7. The molecule has 1 amide bonds. The summed E-state index contributed by atoms with van der Waals surface area (Å²) in [5, 5.41) is 1.69. The first-order valence-electron chi connectivity index (χ1n) is 5.22. The molecule has 0 bridgehead atoms. The highest BCUT2D eigenvalue weighted by Crippen LogP contribution is 2.20. The fraction of sp³-hybridized carbons (Fsp3) is 0.333. The van der Waals surface area contributed by atoms with Gasteiger partial charge in [-0.2, -0.15) is 0 Å². The Hall–Kier alpha value is -1.07. The predicted octanol–water partition coefficient (Wildman–Crippen LogP) is 2.27. The molecule has 0 saturated carbocycles. The summed E-state index contributed by atoms with van der Waals surface area (Å²) in [7, 11) is 1.25. The van der Waals surface area contributed by atoms with Crippen LogP contribution in [0, 0.1) is 6.92 Å². The van der Waals surface area contributed by atoms with Gasteiger partial charge in [0.2, 0.25) is 0 Å². The molecular formula is C12H13BrClNO3. The number of carbonyl (C=O) groups excluding carboxylic acids is 2. The highest BCUT2D eigenvalue weighted by molar-refractivity contribution is 9.10. The molecule has 1 aromatic rings. The van der Waals surface area contributed by atoms with Gasteiger partial charge in [-0.05, 0) is 34.5 Å². The van der Waals surface area contributed by atoms with Crippen molar-refractivity contribution in [1.29, 1.82) is 0 Å². The van der Waals surface area contributed by atoms with E-state index in [1.54, 1.807) is 12.1 Å². The lowest BCUT2D eigenvalue weighted by Gasteiger charge is -2.10. The van der Waals surface area contributed by atoms with Crippen LogP contribution in [0.25, 0.3) is 0 Å². The van der Waals surface area contributed by atoms with Crippen LogP contribution in [0.5, 0.6) is 0 Å². The van der Waals surface area contributed by atoms with Crippen molar-refractivity contribution in [2.45, 2.75) is 12.3 Å². The van der Waals surface area contributed by atoms with Gasteiger partial charge < -0.3 is 10.1 Å². The SMILES string of the molecule is COC(=O)C(Cl)CNC(=O)c1cccc(C)c1Br. The largest absolute Gasteiger partial charge is 0.468 e. The van der Waals surface area contributed by atoms with E-state index in [9.17, 15) is 9.59 Å². The predicted molar refractivity (Wildman–Crippen MR) is 72.9 cm³/mol. The first-order valence-corrected chi connectivity index (χ1v) is 6.45. The zero-order valence-electron chi connectivity index (χ0n) is 10.00. The van der Waals surface area contributed by atoms with Crippen LogP contribution in [0.3, 0.4) is 0 Å². The molecule has 0 fully saturated rings. The summed E-state index contributed by atoms with van der Waals surface area (Å²) in [6, 6.07) is 5.36. The van der Waals surface area contributed by atoms with Crippen molar-refractivity contribution in [3.8, 4) is 0 Å². The standard InChI is InChI=1S/C12H13BrClNO3/c1-7-4-3-5-8(10(7)13)11(16)15-6-9(14)12(17)18-2/h3-5,9H,6H2,1-2H3,(H,15,16). The van der Waals surface area contributed by atoms with E-state index in [4.69, 9.17) is 11.6 Å². The van der Waals surface area contributed by atoms with Crippen LogP contribution in [0.4, 0.5) is 0 Å². The van der Waals surface area contributed by atoms with E-state index < -0.39 is 11.3 Å². The number of carbonyl (C=O) groups is 2. The molecule has 0 aliphatic carbocycles. The smallest absolute Gasteiger partial charge is 0.325 e. The number of hydrogen-bond acceptors (Lipinski definition) is 3. The maximum Gasteiger partial charge on any atom is 0.325 e. The lowest BCUT2D eigenvalue weighted by Crippen LogP contribution is -2.34. The summed E-state index contributed by atoms with van der Waals surface area (Å²) in [6.45, 7) is 1.91. The molecule has 1 aromatic carbocycles. The van der Waals surface area contributed by atoms with E-state index >= 15 is 0 Å². The maximum absolute atomic E-state index is 11.9. The van der Waals surface area contributed by atoms with Crippen molar-refractivity contribution in [2.24, 2.45) is 0 Å². The molecule has 1 N–H and O–H groups in total. The molecule has 6 heteroatoms. The van der Waals surface area contributed by atoms with Crippen molar-refractivity contribution >= 4 is 39.4 Å². The van der Waals surface area contributed by atoms with Gasteiger partial charge in [0.1, 0.15) is 5.38 Å². The molecule has 0 aliphatic rings. The molecule has 18 heavy (non-hydrogen) atoms. The summed E-state index contributed by atoms with van der Waals surface area (Å²) < 4.78 is 5.19. The van der Waals surface area contributed by atoms with Crippen LogP contribution in [0.15, 0.2) is 22.7 Å². The average molecular weight is 335 g/mol. The van der Waals surface area contributed by atoms with Gasteiger partial charge >= 0.3 is 5.97 Å². The number of methoxy groups -OCH3 is 1. The van der Waals surface area contributed by atoms with Crippen LogP contribution < -0.4 is 5.32 Å². The summed E-state index contributed by atoms with van der Waals surface area (Å²) in [5.41, 5.74) is 1.46. The van der Waals surface area contributed by atoms with E-state index in [0.29, 0.717) is 5.56 Å². The van der Waals surface area contributed by atoms with Crippen molar-refractivity contribution < 1.29 is 14.3 Å². The van der Waals surface area contributed by atoms with Crippen molar-refractivity contribution in [3.05, 3.63) is 33.8 Å². The molecule has 98 valence electrons. The van der Waals surface area contributed by atoms with Gasteiger partial charge in [-0.25, -0.2) is 0 Å². The van der Waals surface area contributed by atoms with Gasteiger partial charge in [0, 0.05) is 11.0 Å². The molecule has 1 rings (SSSR count). The molecule has 0 aromatic heterocycles. The Morgan fingerprint density at radius 3 is 2.78 bits per heavy atom. The second-order valence-corrected chi connectivity index (χ2v) is 4.96. The Balaban J connectivity index is 2.66. The van der Waals surface area contributed by atoms with Crippen LogP contribution in [0.1, 0.15) is 15.9 Å². The second-order valence-electron chi connectivity index (χ2n) is 3.64. The minimum Gasteiger partial charge on any atom is -0.468 e. The van der Waals surface area contributed by atoms with Crippen molar-refractivity contribution in [2.75, 3.05) is 13.7 Å². The number of alkyl halides is 1. The van der Waals surface area contributed by atoms with Crippen LogP contribution >= 0.6 is 27.5 Å². The lowest BCUT2D eigenvalue weighted by atomic mass is 10.1. The van der Waals surface area contributed by atoms with Gasteiger partial charge in [0.05, 0.1) is 12.7 Å². The highest BCUT2D eigenvalue weighted by atomic mass is 79.9. The average Bonchev–Trinajstić information content (AvgIpc) is 2.37. The van der Waals surface area contributed by atoms with E-state index in [2.05, 4.69) is 26.0 Å². The number of hydrogen-bond donors (Lipinski definition) is 1. The van der Waals surface area contributed by atoms with Gasteiger partial charge in [0.15, 0.2) is 0 Å². The molecular weight excluding hydrogens is 321 g/mol. The molecule has 4 nitrogen and oxygen atoms in total. The monoisotopic (exact) mass is 333 g/mol. The fourth-order valence-corrected chi connectivity index (χ4v) is 1.92. The van der Waals surface area contributed by atoms with E-state index in [0.717, 1.165) is 10.0 Å². The fourth-order valence-electron chi connectivity index (χ4n) is 1.31. The zero-order valence-corrected chi connectivity index (χ0v) is 12.3. The first-order chi connectivity index (χ1) is 8.47. The molecule has 1 unspecified atom stereocenters. The third kappa shape index (κ3) is 3.71. The number of aryl methyl sites for hydroxylation is 1. The van der Waals surface area contributed by atoms with Crippen LogP contribution in [-0.4, -0.2) is 30.9 Å². The van der Waals surface area contributed by atoms with Gasteiger partial charge in [-0.15, -0.1) is 11.6 Å². The number of rotatable bonds is 4. The topological polar surface area (TPSA) is 55.4 Å². The molecule has 0 aliphatic heterocycles. The quantitative estimate of drug-likeness (QED) is 0.679. The summed E-state index contributed by atoms with van der Waals surface area (Å²) in [6.07, 6.45) is 0.